The molecule has 1 aromatic carbocycles. The maximum absolute atomic E-state index is 12.4. The topological polar surface area (TPSA) is 41.1 Å². The number of anilines is 1. The number of nitrogens with one attached hydrogen (secondary N) is 2. The lowest BCUT2D eigenvalue weighted by molar-refractivity contribution is -0.125. The molecule has 1 aliphatic heterocycles. The molecule has 1 amide bonds. The average molecular weight is 272 g/mol. The van der Waals surface area contributed by atoms with Crippen LogP contribution in [-0.2, 0) is 11.2 Å². The summed E-state index contributed by atoms with van der Waals surface area (Å²) in [6.07, 6.45) is 5.90. The van der Waals surface area contributed by atoms with E-state index in [0.717, 1.165) is 19.5 Å². The van der Waals surface area contributed by atoms with Crippen LogP contribution in [0.15, 0.2) is 24.3 Å². The fraction of sp³-hybridized carbons (Fsp3) is 0.588. The molecule has 108 valence electrons. The van der Waals surface area contributed by atoms with Gasteiger partial charge in [0.25, 0.3) is 0 Å². The minimum absolute atomic E-state index is 0.0684. The Labute approximate surface area is 121 Å². The van der Waals surface area contributed by atoms with Crippen LogP contribution in [0.25, 0.3) is 0 Å². The van der Waals surface area contributed by atoms with Crippen LogP contribution in [0.1, 0.15) is 38.2 Å². The van der Waals surface area contributed by atoms with E-state index >= 15 is 0 Å². The summed E-state index contributed by atoms with van der Waals surface area (Å²) in [5.74, 6) is 0.283. The van der Waals surface area contributed by atoms with Gasteiger partial charge in [-0.25, -0.2) is 0 Å². The summed E-state index contributed by atoms with van der Waals surface area (Å²) in [7, 11) is 0. The smallest absolute Gasteiger partial charge is 0.225 e. The van der Waals surface area contributed by atoms with Gasteiger partial charge in [-0.15, -0.1) is 0 Å². The van der Waals surface area contributed by atoms with E-state index in [1.807, 2.05) is 12.1 Å². The molecule has 2 N–H and O–H groups in total. The van der Waals surface area contributed by atoms with Gasteiger partial charge in [-0.05, 0) is 42.7 Å². The van der Waals surface area contributed by atoms with Crippen molar-refractivity contribution in [1.82, 2.24) is 5.32 Å². The Balaban J connectivity index is 1.56. The van der Waals surface area contributed by atoms with Crippen molar-refractivity contribution in [2.45, 2.75) is 39.0 Å². The first-order valence-electron chi connectivity index (χ1n) is 7.82. The summed E-state index contributed by atoms with van der Waals surface area (Å²) in [6.45, 7) is 3.85. The van der Waals surface area contributed by atoms with Gasteiger partial charge in [-0.1, -0.05) is 31.5 Å². The maximum atomic E-state index is 12.4. The van der Waals surface area contributed by atoms with Crippen molar-refractivity contribution in [1.29, 1.82) is 0 Å². The molecule has 0 aromatic heterocycles. The molecule has 0 saturated heterocycles. The highest BCUT2D eigenvalue weighted by atomic mass is 16.1. The number of carbonyl (C=O) groups is 1. The molecule has 1 unspecified atom stereocenters. The molecule has 0 bridgehead atoms. The fourth-order valence-electron chi connectivity index (χ4n) is 3.38. The van der Waals surface area contributed by atoms with Gasteiger partial charge in [0.1, 0.15) is 0 Å². The molecule has 1 atom stereocenters. The molecule has 1 fully saturated rings. The first-order chi connectivity index (χ1) is 9.72. The minimum Gasteiger partial charge on any atom is -0.384 e. The number of benzene rings is 1. The summed E-state index contributed by atoms with van der Waals surface area (Å²) in [6, 6.07) is 8.28. The predicted octanol–water partition coefficient (Wildman–Crippen LogP) is 2.97. The molecule has 3 nitrogen and oxygen atoms in total. The SMILES string of the molecule is CCC1(CNC(=O)C2CNc3ccccc3C2)CCC1. The number of fused-ring (bicyclic) bond motifs is 1. The van der Waals surface area contributed by atoms with Gasteiger partial charge >= 0.3 is 0 Å². The van der Waals surface area contributed by atoms with Crippen molar-refractivity contribution in [3.8, 4) is 0 Å². The normalized spacial score (nSPS) is 23.1. The van der Waals surface area contributed by atoms with Crippen LogP contribution >= 0.6 is 0 Å². The number of hydrogen-bond acceptors (Lipinski definition) is 2. The summed E-state index contributed by atoms with van der Waals surface area (Å²) in [5, 5.41) is 6.57. The monoisotopic (exact) mass is 272 g/mol. The van der Waals surface area contributed by atoms with Crippen molar-refractivity contribution in [2.24, 2.45) is 11.3 Å². The fourth-order valence-corrected chi connectivity index (χ4v) is 3.38. The molecule has 3 rings (SSSR count). The zero-order chi connectivity index (χ0) is 14.0. The molecule has 1 aromatic rings. The molecule has 1 saturated carbocycles. The first kappa shape index (κ1) is 13.5. The molecular weight excluding hydrogens is 248 g/mol. The molecule has 1 heterocycles. The van der Waals surface area contributed by atoms with Gasteiger partial charge in [0.2, 0.25) is 5.91 Å². The summed E-state index contributed by atoms with van der Waals surface area (Å²) < 4.78 is 0. The highest BCUT2D eigenvalue weighted by molar-refractivity contribution is 5.80. The Kier molecular flexibility index (Phi) is 3.68. The minimum atomic E-state index is 0.0684. The quantitative estimate of drug-likeness (QED) is 0.884. The van der Waals surface area contributed by atoms with Crippen LogP contribution < -0.4 is 10.6 Å². The zero-order valence-electron chi connectivity index (χ0n) is 12.2. The molecule has 0 spiro atoms. The number of amides is 1. The van der Waals surface area contributed by atoms with E-state index in [-0.39, 0.29) is 11.8 Å². The van der Waals surface area contributed by atoms with E-state index < -0.39 is 0 Å². The highest BCUT2D eigenvalue weighted by Crippen LogP contribution is 2.43. The Morgan fingerprint density at radius 2 is 2.20 bits per heavy atom. The lowest BCUT2D eigenvalue weighted by Gasteiger charge is -2.41. The van der Waals surface area contributed by atoms with Gasteiger partial charge in [-0.3, -0.25) is 4.79 Å². The van der Waals surface area contributed by atoms with E-state index in [1.54, 1.807) is 0 Å². The first-order valence-corrected chi connectivity index (χ1v) is 7.82. The zero-order valence-corrected chi connectivity index (χ0v) is 12.2. The predicted molar refractivity (Wildman–Crippen MR) is 81.7 cm³/mol. The second-order valence-corrected chi connectivity index (χ2v) is 6.36. The third-order valence-corrected chi connectivity index (χ3v) is 5.20. The van der Waals surface area contributed by atoms with Gasteiger partial charge < -0.3 is 10.6 Å². The standard InChI is InChI=1S/C17H24N2O/c1-2-17(8-5-9-17)12-19-16(20)14-10-13-6-3-4-7-15(13)18-11-14/h3-4,6-7,14,18H,2,5,8-12H2,1H3,(H,19,20). The van der Waals surface area contributed by atoms with E-state index in [1.165, 1.54) is 36.9 Å². The van der Waals surface area contributed by atoms with Gasteiger partial charge in [0.05, 0.1) is 5.92 Å². The average Bonchev–Trinajstić information content (AvgIpc) is 2.46. The van der Waals surface area contributed by atoms with Crippen molar-refractivity contribution in [3.05, 3.63) is 29.8 Å². The molecule has 20 heavy (non-hydrogen) atoms. The maximum Gasteiger partial charge on any atom is 0.225 e. The van der Waals surface area contributed by atoms with Gasteiger partial charge in [0, 0.05) is 18.8 Å². The molecular formula is C17H24N2O. The van der Waals surface area contributed by atoms with Crippen molar-refractivity contribution < 1.29 is 4.79 Å². The van der Waals surface area contributed by atoms with Crippen LogP contribution in [0.2, 0.25) is 0 Å². The number of carbonyl (C=O) groups excluding carboxylic acids is 1. The van der Waals surface area contributed by atoms with Crippen molar-refractivity contribution >= 4 is 11.6 Å². The summed E-state index contributed by atoms with van der Waals surface area (Å²) in [4.78, 5) is 12.4. The Hall–Kier alpha value is -1.51. The van der Waals surface area contributed by atoms with Gasteiger partial charge in [-0.2, -0.15) is 0 Å². The molecule has 2 aliphatic rings. The largest absolute Gasteiger partial charge is 0.384 e. The van der Waals surface area contributed by atoms with E-state index in [0.29, 0.717) is 5.41 Å². The van der Waals surface area contributed by atoms with Crippen LogP contribution in [0.5, 0.6) is 0 Å². The molecule has 3 heteroatoms. The Morgan fingerprint density at radius 1 is 1.40 bits per heavy atom. The third kappa shape index (κ3) is 2.54. The molecule has 0 radical (unpaired) electrons. The van der Waals surface area contributed by atoms with Crippen molar-refractivity contribution in [2.75, 3.05) is 18.4 Å². The Morgan fingerprint density at radius 3 is 2.90 bits per heavy atom. The third-order valence-electron chi connectivity index (χ3n) is 5.20. The molecule has 1 aliphatic carbocycles. The van der Waals surface area contributed by atoms with Crippen molar-refractivity contribution in [3.63, 3.8) is 0 Å². The van der Waals surface area contributed by atoms with Gasteiger partial charge in [0.15, 0.2) is 0 Å². The van der Waals surface area contributed by atoms with E-state index in [9.17, 15) is 4.79 Å². The van der Waals surface area contributed by atoms with E-state index in [4.69, 9.17) is 0 Å². The second-order valence-electron chi connectivity index (χ2n) is 6.36. The summed E-state index contributed by atoms with van der Waals surface area (Å²) >= 11 is 0. The van der Waals surface area contributed by atoms with Crippen LogP contribution in [-0.4, -0.2) is 19.0 Å². The number of hydrogen-bond donors (Lipinski definition) is 2. The van der Waals surface area contributed by atoms with Crippen LogP contribution in [0, 0.1) is 11.3 Å². The highest BCUT2D eigenvalue weighted by Gasteiger charge is 2.36. The lowest BCUT2D eigenvalue weighted by Crippen LogP contribution is -2.45. The Bertz CT molecular complexity index is 488. The number of rotatable bonds is 4. The number of para-hydroxylation sites is 1. The lowest BCUT2D eigenvalue weighted by atomic mass is 9.67. The second kappa shape index (κ2) is 5.47. The summed E-state index contributed by atoms with van der Waals surface area (Å²) in [5.41, 5.74) is 2.84. The van der Waals surface area contributed by atoms with Crippen LogP contribution in [0.4, 0.5) is 5.69 Å². The van der Waals surface area contributed by atoms with E-state index in [2.05, 4.69) is 29.7 Å². The van der Waals surface area contributed by atoms with Crippen LogP contribution in [0.3, 0.4) is 0 Å².